The molecule has 0 amide bonds. The normalized spacial score (nSPS) is 28.2. The Morgan fingerprint density at radius 2 is 1.69 bits per heavy atom. The predicted molar refractivity (Wildman–Crippen MR) is 112 cm³/mol. The second kappa shape index (κ2) is 6.53. The van der Waals surface area contributed by atoms with Crippen molar-refractivity contribution >= 4 is 5.70 Å². The summed E-state index contributed by atoms with van der Waals surface area (Å²) < 4.78 is 12.4. The summed E-state index contributed by atoms with van der Waals surface area (Å²) in [7, 11) is 0. The molecule has 1 spiro atoms. The maximum absolute atomic E-state index is 6.72. The Bertz CT molecular complexity index is 1030. The van der Waals surface area contributed by atoms with Gasteiger partial charge in [-0.3, -0.25) is 0 Å². The first-order valence-electron chi connectivity index (χ1n) is 10.5. The molecule has 1 saturated carbocycles. The van der Waals surface area contributed by atoms with Crippen LogP contribution in [0.25, 0.3) is 5.70 Å². The zero-order valence-electron chi connectivity index (χ0n) is 16.3. The summed E-state index contributed by atoms with van der Waals surface area (Å²) in [5, 5.41) is 2.33. The summed E-state index contributed by atoms with van der Waals surface area (Å²) in [6.07, 6.45) is 8.21. The molecule has 1 N–H and O–H groups in total. The lowest BCUT2D eigenvalue weighted by atomic mass is 9.78. The maximum Gasteiger partial charge on any atom is 0.180 e. The van der Waals surface area contributed by atoms with Crippen molar-refractivity contribution < 1.29 is 9.15 Å². The standard InChI is InChI=1S/C25H24N2O2/c1-2-7-18(8-3-1)19-12-14-25(15-13-19)27-22(20-9-4-5-10-23(20)29-25)17-21(26-27)24-11-6-16-28-24/h1-11,16-17,19,22,26H,12-15H2/t19?,22-,25?/m0/s1. The van der Waals surface area contributed by atoms with Crippen LogP contribution in [0.2, 0.25) is 0 Å². The Hall–Kier alpha value is -2.98. The number of rotatable bonds is 2. The average molecular weight is 384 g/mol. The van der Waals surface area contributed by atoms with Crippen LogP contribution in [0.4, 0.5) is 0 Å². The SMILES string of the molecule is C1=C(c2ccco2)NN2[C@@H]1c1ccccc1OC21CCC(c2ccccc2)CC1. The Morgan fingerprint density at radius 1 is 0.897 bits per heavy atom. The molecule has 0 unspecified atom stereocenters. The number of benzene rings is 2. The molecule has 2 aromatic carbocycles. The first-order chi connectivity index (χ1) is 14.3. The Morgan fingerprint density at radius 3 is 2.48 bits per heavy atom. The van der Waals surface area contributed by atoms with E-state index >= 15 is 0 Å². The van der Waals surface area contributed by atoms with Gasteiger partial charge in [0.25, 0.3) is 0 Å². The van der Waals surface area contributed by atoms with E-state index in [0.29, 0.717) is 5.92 Å². The third kappa shape index (κ3) is 2.70. The van der Waals surface area contributed by atoms with Gasteiger partial charge in [-0.05, 0) is 48.6 Å². The van der Waals surface area contributed by atoms with Crippen LogP contribution in [-0.2, 0) is 0 Å². The quantitative estimate of drug-likeness (QED) is 0.621. The van der Waals surface area contributed by atoms with Gasteiger partial charge >= 0.3 is 0 Å². The van der Waals surface area contributed by atoms with E-state index < -0.39 is 0 Å². The minimum absolute atomic E-state index is 0.147. The van der Waals surface area contributed by atoms with Crippen molar-refractivity contribution in [2.24, 2.45) is 0 Å². The second-order valence-electron chi connectivity index (χ2n) is 8.26. The molecular weight excluding hydrogens is 360 g/mol. The van der Waals surface area contributed by atoms with Gasteiger partial charge in [-0.2, -0.15) is 5.01 Å². The number of nitrogens with one attached hydrogen (secondary N) is 1. The molecule has 29 heavy (non-hydrogen) atoms. The van der Waals surface area contributed by atoms with Crippen LogP contribution in [0, 0.1) is 0 Å². The van der Waals surface area contributed by atoms with E-state index in [2.05, 4.69) is 71.1 Å². The third-order valence-corrected chi connectivity index (χ3v) is 6.64. The molecule has 6 rings (SSSR count). The molecule has 1 atom stereocenters. The summed E-state index contributed by atoms with van der Waals surface area (Å²) in [5.41, 5.74) is 6.96. The van der Waals surface area contributed by atoms with Crippen LogP contribution >= 0.6 is 0 Å². The molecule has 146 valence electrons. The second-order valence-corrected chi connectivity index (χ2v) is 8.26. The minimum Gasteiger partial charge on any atom is -0.471 e. The molecule has 1 aromatic heterocycles. The first-order valence-corrected chi connectivity index (χ1v) is 10.5. The largest absolute Gasteiger partial charge is 0.471 e. The Labute approximate surface area is 170 Å². The van der Waals surface area contributed by atoms with Gasteiger partial charge in [-0.1, -0.05) is 48.5 Å². The van der Waals surface area contributed by atoms with Gasteiger partial charge in [0.15, 0.2) is 11.5 Å². The summed E-state index contributed by atoms with van der Waals surface area (Å²) in [4.78, 5) is 0. The molecule has 3 aromatic rings. The van der Waals surface area contributed by atoms with Crippen molar-refractivity contribution in [1.82, 2.24) is 10.4 Å². The number of hydrazine groups is 1. The lowest BCUT2D eigenvalue weighted by Crippen LogP contribution is -2.60. The van der Waals surface area contributed by atoms with E-state index in [1.165, 1.54) is 11.1 Å². The highest BCUT2D eigenvalue weighted by atomic mass is 16.5. The monoisotopic (exact) mass is 384 g/mol. The third-order valence-electron chi connectivity index (χ3n) is 6.64. The topological polar surface area (TPSA) is 37.6 Å². The van der Waals surface area contributed by atoms with Crippen molar-refractivity contribution in [3.63, 3.8) is 0 Å². The maximum atomic E-state index is 6.72. The van der Waals surface area contributed by atoms with Crippen LogP contribution < -0.4 is 10.2 Å². The highest BCUT2D eigenvalue weighted by Gasteiger charge is 2.51. The number of ether oxygens (including phenoxy) is 1. The lowest BCUT2D eigenvalue weighted by molar-refractivity contribution is -0.152. The lowest BCUT2D eigenvalue weighted by Gasteiger charge is -2.51. The zero-order valence-corrected chi connectivity index (χ0v) is 16.3. The van der Waals surface area contributed by atoms with Gasteiger partial charge in [0.2, 0.25) is 0 Å². The number of para-hydroxylation sites is 1. The molecular formula is C25H24N2O2. The summed E-state index contributed by atoms with van der Waals surface area (Å²) in [6.45, 7) is 0. The van der Waals surface area contributed by atoms with Crippen LogP contribution in [0.5, 0.6) is 5.75 Å². The van der Waals surface area contributed by atoms with Crippen molar-refractivity contribution in [2.75, 3.05) is 0 Å². The summed E-state index contributed by atoms with van der Waals surface area (Å²) in [5.74, 6) is 2.47. The van der Waals surface area contributed by atoms with Gasteiger partial charge in [0.05, 0.1) is 18.0 Å². The number of hydrogen-bond acceptors (Lipinski definition) is 4. The zero-order chi connectivity index (χ0) is 19.3. The molecule has 3 heterocycles. The molecule has 1 fully saturated rings. The number of hydrogen-bond donors (Lipinski definition) is 1. The molecule has 0 radical (unpaired) electrons. The van der Waals surface area contributed by atoms with Crippen molar-refractivity contribution in [3.05, 3.63) is 96.0 Å². The van der Waals surface area contributed by atoms with Crippen molar-refractivity contribution in [3.8, 4) is 5.75 Å². The van der Waals surface area contributed by atoms with Crippen LogP contribution in [0.3, 0.4) is 0 Å². The average Bonchev–Trinajstić information content (AvgIpc) is 3.46. The van der Waals surface area contributed by atoms with Crippen molar-refractivity contribution in [2.45, 2.75) is 43.4 Å². The van der Waals surface area contributed by atoms with E-state index in [1.54, 1.807) is 6.26 Å². The molecule has 1 aliphatic carbocycles. The fourth-order valence-electron chi connectivity index (χ4n) is 5.16. The van der Waals surface area contributed by atoms with E-state index in [0.717, 1.165) is 42.9 Å². The first kappa shape index (κ1) is 16.9. The highest BCUT2D eigenvalue weighted by Crippen LogP contribution is 2.51. The number of nitrogens with zero attached hydrogens (tertiary/aromatic N) is 1. The summed E-state index contributed by atoms with van der Waals surface area (Å²) in [6, 6.07) is 23.4. The molecule has 4 nitrogen and oxygen atoms in total. The molecule has 0 saturated heterocycles. The van der Waals surface area contributed by atoms with Gasteiger partial charge in [-0.15, -0.1) is 0 Å². The molecule has 2 aliphatic heterocycles. The minimum atomic E-state index is -0.338. The number of fused-ring (bicyclic) bond motifs is 4. The van der Waals surface area contributed by atoms with Gasteiger partial charge in [0, 0.05) is 18.4 Å². The van der Waals surface area contributed by atoms with Gasteiger partial charge in [-0.25, -0.2) is 0 Å². The van der Waals surface area contributed by atoms with Gasteiger partial charge < -0.3 is 14.6 Å². The van der Waals surface area contributed by atoms with Crippen molar-refractivity contribution in [1.29, 1.82) is 0 Å². The van der Waals surface area contributed by atoms with Crippen LogP contribution in [0.1, 0.15) is 54.5 Å². The van der Waals surface area contributed by atoms with E-state index in [4.69, 9.17) is 9.15 Å². The molecule has 4 heteroatoms. The van der Waals surface area contributed by atoms with Crippen LogP contribution in [0.15, 0.2) is 83.5 Å². The molecule has 0 bridgehead atoms. The highest BCUT2D eigenvalue weighted by molar-refractivity contribution is 5.64. The Balaban J connectivity index is 1.34. The van der Waals surface area contributed by atoms with Gasteiger partial charge in [0.1, 0.15) is 5.75 Å². The Kier molecular flexibility index (Phi) is 3.81. The van der Waals surface area contributed by atoms with E-state index in [-0.39, 0.29) is 11.8 Å². The fraction of sp³-hybridized carbons (Fsp3) is 0.280. The summed E-state index contributed by atoms with van der Waals surface area (Å²) >= 11 is 0. The van der Waals surface area contributed by atoms with Crippen LogP contribution in [-0.4, -0.2) is 10.7 Å². The van der Waals surface area contributed by atoms with E-state index in [1.807, 2.05) is 12.1 Å². The predicted octanol–water partition coefficient (Wildman–Crippen LogP) is 5.63. The smallest absolute Gasteiger partial charge is 0.180 e. The fourth-order valence-corrected chi connectivity index (χ4v) is 5.16. The molecule has 3 aliphatic rings. The number of furan rings is 1. The van der Waals surface area contributed by atoms with E-state index in [9.17, 15) is 0 Å².